The summed E-state index contributed by atoms with van der Waals surface area (Å²) in [5, 5.41) is 2.91. The van der Waals surface area contributed by atoms with E-state index < -0.39 is 6.04 Å². The molecule has 3 rings (SSSR count). The molecule has 2 aromatic carbocycles. The zero-order valence-corrected chi connectivity index (χ0v) is 17.7. The number of halogens is 1. The van der Waals surface area contributed by atoms with Crippen LogP contribution in [0.1, 0.15) is 36.7 Å². The lowest BCUT2D eigenvalue weighted by molar-refractivity contribution is -0.144. The molecule has 0 radical (unpaired) electrons. The highest BCUT2D eigenvalue weighted by molar-refractivity contribution is 5.89. The van der Waals surface area contributed by atoms with Crippen LogP contribution in [0, 0.1) is 11.7 Å². The molecule has 1 atom stereocenters. The van der Waals surface area contributed by atoms with Crippen molar-refractivity contribution in [3.63, 3.8) is 0 Å². The number of carbonyl (C=O) groups excluding carboxylic acids is 2. The van der Waals surface area contributed by atoms with Crippen molar-refractivity contribution in [3.05, 3.63) is 102 Å². The van der Waals surface area contributed by atoms with Crippen molar-refractivity contribution in [2.75, 3.05) is 0 Å². The normalized spacial score (nSPS) is 11.7. The Morgan fingerprint density at radius 2 is 1.65 bits per heavy atom. The van der Waals surface area contributed by atoms with Crippen molar-refractivity contribution in [1.82, 2.24) is 15.2 Å². The van der Waals surface area contributed by atoms with Crippen LogP contribution in [0.5, 0.6) is 0 Å². The molecule has 3 aromatic rings. The quantitative estimate of drug-likeness (QED) is 0.593. The summed E-state index contributed by atoms with van der Waals surface area (Å²) in [5.74, 6) is -1.12. The number of nitrogens with zero attached hydrogens (tertiary/aromatic N) is 2. The molecule has 1 aromatic heterocycles. The molecule has 2 amide bonds. The third-order valence-corrected chi connectivity index (χ3v) is 4.89. The molecule has 0 aliphatic carbocycles. The van der Waals surface area contributed by atoms with Crippen molar-refractivity contribution in [3.8, 4) is 0 Å². The van der Waals surface area contributed by atoms with E-state index in [9.17, 15) is 14.0 Å². The summed E-state index contributed by atoms with van der Waals surface area (Å²) in [5.41, 5.74) is 2.17. The van der Waals surface area contributed by atoms with Crippen LogP contribution in [-0.4, -0.2) is 21.7 Å². The van der Waals surface area contributed by atoms with Crippen LogP contribution in [0.3, 0.4) is 0 Å². The monoisotopic (exact) mass is 419 g/mol. The fourth-order valence-corrected chi connectivity index (χ4v) is 3.30. The molecule has 0 saturated heterocycles. The SMILES string of the molecule is CC(C)C(=O)N(Cc1ccc(F)cc1)C(C(=O)NCc1ccccn1)c1ccccc1. The van der Waals surface area contributed by atoms with Gasteiger partial charge < -0.3 is 10.2 Å². The number of carbonyl (C=O) groups is 2. The van der Waals surface area contributed by atoms with E-state index in [-0.39, 0.29) is 36.6 Å². The van der Waals surface area contributed by atoms with E-state index in [2.05, 4.69) is 10.3 Å². The standard InChI is InChI=1S/C25H26FN3O2/c1-18(2)25(31)29(17-19-11-13-21(26)14-12-19)23(20-8-4-3-5-9-20)24(30)28-16-22-10-6-7-15-27-22/h3-15,18,23H,16-17H2,1-2H3,(H,28,30). The molecule has 0 fully saturated rings. The van der Waals surface area contributed by atoms with Gasteiger partial charge in [0.2, 0.25) is 11.8 Å². The van der Waals surface area contributed by atoms with Crippen LogP contribution < -0.4 is 5.32 Å². The summed E-state index contributed by atoms with van der Waals surface area (Å²) in [6.45, 7) is 4.04. The maximum Gasteiger partial charge on any atom is 0.247 e. The number of hydrogen-bond acceptors (Lipinski definition) is 3. The van der Waals surface area contributed by atoms with E-state index in [4.69, 9.17) is 0 Å². The average molecular weight is 420 g/mol. The van der Waals surface area contributed by atoms with Crippen LogP contribution >= 0.6 is 0 Å². The Kier molecular flexibility index (Phi) is 7.49. The third kappa shape index (κ3) is 5.98. The molecule has 0 spiro atoms. The number of amides is 2. The van der Waals surface area contributed by atoms with Crippen LogP contribution in [0.4, 0.5) is 4.39 Å². The van der Waals surface area contributed by atoms with Gasteiger partial charge in [-0.1, -0.05) is 62.4 Å². The fourth-order valence-electron chi connectivity index (χ4n) is 3.30. The summed E-state index contributed by atoms with van der Waals surface area (Å²) in [6.07, 6.45) is 1.67. The molecule has 6 heteroatoms. The van der Waals surface area contributed by atoms with Gasteiger partial charge in [-0.25, -0.2) is 4.39 Å². The van der Waals surface area contributed by atoms with E-state index in [1.54, 1.807) is 37.1 Å². The average Bonchev–Trinajstić information content (AvgIpc) is 2.79. The summed E-state index contributed by atoms with van der Waals surface area (Å²) in [6, 6.07) is 19.8. The number of benzene rings is 2. The Labute approximate surface area is 181 Å². The van der Waals surface area contributed by atoms with Gasteiger partial charge >= 0.3 is 0 Å². The molecule has 1 unspecified atom stereocenters. The lowest BCUT2D eigenvalue weighted by Gasteiger charge is -2.33. The molecule has 5 nitrogen and oxygen atoms in total. The lowest BCUT2D eigenvalue weighted by atomic mass is 10.0. The number of pyridine rings is 1. The topological polar surface area (TPSA) is 62.3 Å². The lowest BCUT2D eigenvalue weighted by Crippen LogP contribution is -2.44. The molecule has 0 aliphatic heterocycles. The first-order valence-electron chi connectivity index (χ1n) is 10.2. The predicted molar refractivity (Wildman–Crippen MR) is 117 cm³/mol. The second kappa shape index (κ2) is 10.5. The Morgan fingerprint density at radius 3 is 2.26 bits per heavy atom. The largest absolute Gasteiger partial charge is 0.348 e. The van der Waals surface area contributed by atoms with E-state index in [1.807, 2.05) is 48.5 Å². The maximum atomic E-state index is 13.4. The van der Waals surface area contributed by atoms with Crippen LogP contribution in [0.15, 0.2) is 79.0 Å². The van der Waals surface area contributed by atoms with Gasteiger partial charge in [0, 0.05) is 18.7 Å². The van der Waals surface area contributed by atoms with E-state index in [1.165, 1.54) is 12.1 Å². The molecule has 31 heavy (non-hydrogen) atoms. The molecular formula is C25H26FN3O2. The number of aromatic nitrogens is 1. The second-order valence-electron chi connectivity index (χ2n) is 7.60. The van der Waals surface area contributed by atoms with Crippen LogP contribution in [-0.2, 0) is 22.7 Å². The number of rotatable bonds is 8. The number of nitrogens with one attached hydrogen (secondary N) is 1. The first-order valence-corrected chi connectivity index (χ1v) is 10.2. The predicted octanol–water partition coefficient (Wildman–Crippen LogP) is 4.26. The van der Waals surface area contributed by atoms with Gasteiger partial charge in [-0.2, -0.15) is 0 Å². The van der Waals surface area contributed by atoms with Crippen molar-refractivity contribution in [2.45, 2.75) is 33.0 Å². The first-order chi connectivity index (χ1) is 15.0. The highest BCUT2D eigenvalue weighted by Crippen LogP contribution is 2.26. The summed E-state index contributed by atoms with van der Waals surface area (Å²) < 4.78 is 13.4. The fraction of sp³-hybridized carbons (Fsp3) is 0.240. The van der Waals surface area contributed by atoms with Crippen molar-refractivity contribution < 1.29 is 14.0 Å². The molecule has 0 bridgehead atoms. The Morgan fingerprint density at radius 1 is 0.968 bits per heavy atom. The minimum absolute atomic E-state index is 0.161. The Balaban J connectivity index is 1.93. The van der Waals surface area contributed by atoms with Gasteiger partial charge in [0.15, 0.2) is 0 Å². The van der Waals surface area contributed by atoms with Gasteiger partial charge in [-0.15, -0.1) is 0 Å². The van der Waals surface area contributed by atoms with Crippen LogP contribution in [0.2, 0.25) is 0 Å². The Hall–Kier alpha value is -3.54. The Bertz CT molecular complexity index is 992. The molecule has 160 valence electrons. The van der Waals surface area contributed by atoms with E-state index >= 15 is 0 Å². The van der Waals surface area contributed by atoms with E-state index in [0.29, 0.717) is 5.56 Å². The molecule has 1 heterocycles. The molecule has 0 aliphatic rings. The number of hydrogen-bond donors (Lipinski definition) is 1. The van der Waals surface area contributed by atoms with Crippen molar-refractivity contribution in [2.24, 2.45) is 5.92 Å². The summed E-state index contributed by atoms with van der Waals surface area (Å²) in [4.78, 5) is 32.3. The highest BCUT2D eigenvalue weighted by atomic mass is 19.1. The second-order valence-corrected chi connectivity index (χ2v) is 7.60. The summed E-state index contributed by atoms with van der Waals surface area (Å²) in [7, 11) is 0. The van der Waals surface area contributed by atoms with Gasteiger partial charge in [-0.3, -0.25) is 14.6 Å². The molecule has 1 N–H and O–H groups in total. The minimum Gasteiger partial charge on any atom is -0.348 e. The van der Waals surface area contributed by atoms with Crippen LogP contribution in [0.25, 0.3) is 0 Å². The smallest absolute Gasteiger partial charge is 0.247 e. The molecular weight excluding hydrogens is 393 g/mol. The summed E-state index contributed by atoms with van der Waals surface area (Å²) >= 11 is 0. The third-order valence-electron chi connectivity index (χ3n) is 4.89. The highest BCUT2D eigenvalue weighted by Gasteiger charge is 2.32. The maximum absolute atomic E-state index is 13.4. The zero-order chi connectivity index (χ0) is 22.2. The first kappa shape index (κ1) is 22.2. The van der Waals surface area contributed by atoms with Gasteiger partial charge in [0.05, 0.1) is 12.2 Å². The van der Waals surface area contributed by atoms with Crippen molar-refractivity contribution in [1.29, 1.82) is 0 Å². The minimum atomic E-state index is -0.829. The zero-order valence-electron chi connectivity index (χ0n) is 17.7. The van der Waals surface area contributed by atoms with Gasteiger partial charge in [-0.05, 0) is 35.4 Å². The van der Waals surface area contributed by atoms with Gasteiger partial charge in [0.1, 0.15) is 11.9 Å². The molecule has 0 saturated carbocycles. The van der Waals surface area contributed by atoms with Gasteiger partial charge in [0.25, 0.3) is 0 Å². The van der Waals surface area contributed by atoms with Crippen molar-refractivity contribution >= 4 is 11.8 Å². The van der Waals surface area contributed by atoms with E-state index in [0.717, 1.165) is 11.3 Å².